The van der Waals surface area contributed by atoms with Gasteiger partial charge in [0.1, 0.15) is 0 Å². The molecule has 130 valence electrons. The summed E-state index contributed by atoms with van der Waals surface area (Å²) in [5.41, 5.74) is 1.54. The number of hydrogen-bond donors (Lipinski definition) is 1. The van der Waals surface area contributed by atoms with Gasteiger partial charge in [0.25, 0.3) is 11.1 Å². The molecule has 1 fully saturated rings. The lowest BCUT2D eigenvalue weighted by molar-refractivity contribution is 0.0958. The molecule has 1 aromatic carbocycles. The van der Waals surface area contributed by atoms with E-state index in [2.05, 4.69) is 5.10 Å². The molecule has 2 aromatic heterocycles. The number of halogens is 1. The summed E-state index contributed by atoms with van der Waals surface area (Å²) in [5.74, 6) is 0. The van der Waals surface area contributed by atoms with Crippen molar-refractivity contribution >= 4 is 22.5 Å². The third-order valence-electron chi connectivity index (χ3n) is 4.71. The number of aryl methyl sites for hydroxylation is 1. The summed E-state index contributed by atoms with van der Waals surface area (Å²) in [7, 11) is 0. The average Bonchev–Trinajstić information content (AvgIpc) is 3.20. The molecular formula is C18H18ClN3O3. The van der Waals surface area contributed by atoms with Crippen LogP contribution in [0, 0.1) is 6.92 Å². The molecule has 1 saturated heterocycles. The quantitative estimate of drug-likeness (QED) is 0.781. The molecule has 3 heterocycles. The Morgan fingerprint density at radius 2 is 2.04 bits per heavy atom. The van der Waals surface area contributed by atoms with Crippen LogP contribution in [0.1, 0.15) is 18.5 Å². The Balaban J connectivity index is 1.86. The first-order chi connectivity index (χ1) is 12.0. The van der Waals surface area contributed by atoms with Crippen LogP contribution in [0.15, 0.2) is 39.9 Å². The number of aromatic nitrogens is 3. The number of nitrogens with one attached hydrogen (secondary N) is 1. The van der Waals surface area contributed by atoms with Gasteiger partial charge in [0.2, 0.25) is 0 Å². The van der Waals surface area contributed by atoms with Gasteiger partial charge in [-0.05, 0) is 44.0 Å². The maximum absolute atomic E-state index is 12.9. The second-order valence-electron chi connectivity index (χ2n) is 6.33. The van der Waals surface area contributed by atoms with Crippen molar-refractivity contribution in [3.8, 4) is 5.69 Å². The summed E-state index contributed by atoms with van der Waals surface area (Å²) < 4.78 is 8.70. The summed E-state index contributed by atoms with van der Waals surface area (Å²) in [4.78, 5) is 25.4. The SMILES string of the molecule is Cc1c2c(=O)n(-c3ccc(Cl)cc3)[nH]c2cc(=O)n1C[C@@H]1CCCO1. The highest BCUT2D eigenvalue weighted by atomic mass is 35.5. The lowest BCUT2D eigenvalue weighted by atomic mass is 10.2. The Bertz CT molecular complexity index is 1040. The minimum atomic E-state index is -0.184. The van der Waals surface area contributed by atoms with Crippen LogP contribution >= 0.6 is 11.6 Å². The number of fused-ring (bicyclic) bond motifs is 1. The lowest BCUT2D eigenvalue weighted by Crippen LogP contribution is -2.28. The predicted molar refractivity (Wildman–Crippen MR) is 96.9 cm³/mol. The average molecular weight is 360 g/mol. The Morgan fingerprint density at radius 1 is 1.28 bits per heavy atom. The summed E-state index contributed by atoms with van der Waals surface area (Å²) in [6.45, 7) is 3.01. The van der Waals surface area contributed by atoms with Gasteiger partial charge in [-0.3, -0.25) is 14.7 Å². The van der Waals surface area contributed by atoms with Crippen LogP contribution < -0.4 is 11.1 Å². The van der Waals surface area contributed by atoms with Gasteiger partial charge in [0.05, 0.1) is 29.2 Å². The van der Waals surface area contributed by atoms with Crippen LogP contribution in [0.3, 0.4) is 0 Å². The number of H-pyrrole nitrogens is 1. The molecule has 0 spiro atoms. The van der Waals surface area contributed by atoms with Crippen LogP contribution in [0.25, 0.3) is 16.6 Å². The first kappa shape index (κ1) is 16.2. The van der Waals surface area contributed by atoms with Crippen molar-refractivity contribution in [3.05, 3.63) is 61.8 Å². The molecule has 6 nitrogen and oxygen atoms in total. The number of pyridine rings is 1. The van der Waals surface area contributed by atoms with Crippen LogP contribution in [0.4, 0.5) is 0 Å². The smallest absolute Gasteiger partial charge is 0.280 e. The monoisotopic (exact) mass is 359 g/mol. The predicted octanol–water partition coefficient (Wildman–Crippen LogP) is 2.62. The molecule has 1 aliphatic heterocycles. The van der Waals surface area contributed by atoms with Crippen LogP contribution in [0.2, 0.25) is 5.02 Å². The van der Waals surface area contributed by atoms with Crippen LogP contribution in [0.5, 0.6) is 0 Å². The largest absolute Gasteiger partial charge is 0.376 e. The number of benzene rings is 1. The summed E-state index contributed by atoms with van der Waals surface area (Å²) in [6.07, 6.45) is 1.98. The van der Waals surface area contributed by atoms with Crippen molar-refractivity contribution in [1.82, 2.24) is 14.3 Å². The van der Waals surface area contributed by atoms with E-state index in [-0.39, 0.29) is 17.2 Å². The molecule has 0 radical (unpaired) electrons. The third-order valence-corrected chi connectivity index (χ3v) is 4.97. The summed E-state index contributed by atoms with van der Waals surface area (Å²) >= 11 is 5.91. The van der Waals surface area contributed by atoms with Crippen molar-refractivity contribution < 1.29 is 4.74 Å². The standard InChI is InChI=1S/C18H18ClN3O3/c1-11-17-15(9-16(23)21(11)10-14-3-2-8-25-14)20-22(18(17)24)13-6-4-12(19)5-7-13/h4-7,9,14,20H,2-3,8,10H2,1H3/t14-/m0/s1. The topological polar surface area (TPSA) is 69.0 Å². The van der Waals surface area contributed by atoms with Crippen molar-refractivity contribution in [2.45, 2.75) is 32.4 Å². The molecule has 7 heteroatoms. The van der Waals surface area contributed by atoms with Gasteiger partial charge in [0, 0.05) is 23.4 Å². The molecular weight excluding hydrogens is 342 g/mol. The Labute approximate surface area is 148 Å². The summed E-state index contributed by atoms with van der Waals surface area (Å²) in [6, 6.07) is 8.43. The van der Waals surface area contributed by atoms with Gasteiger partial charge >= 0.3 is 0 Å². The van der Waals surface area contributed by atoms with Gasteiger partial charge in [-0.15, -0.1) is 0 Å². The highest BCUT2D eigenvalue weighted by Crippen LogP contribution is 2.18. The van der Waals surface area contributed by atoms with E-state index in [1.807, 2.05) is 0 Å². The molecule has 0 amide bonds. The van der Waals surface area contributed by atoms with E-state index < -0.39 is 0 Å². The van der Waals surface area contributed by atoms with Gasteiger partial charge in [-0.1, -0.05) is 11.6 Å². The zero-order valence-electron chi connectivity index (χ0n) is 13.8. The van der Waals surface area contributed by atoms with E-state index in [9.17, 15) is 9.59 Å². The van der Waals surface area contributed by atoms with E-state index in [0.717, 1.165) is 19.4 Å². The molecule has 3 aromatic rings. The molecule has 25 heavy (non-hydrogen) atoms. The van der Waals surface area contributed by atoms with Gasteiger partial charge in [-0.25, -0.2) is 4.68 Å². The van der Waals surface area contributed by atoms with E-state index in [0.29, 0.717) is 33.9 Å². The molecule has 1 atom stereocenters. The maximum atomic E-state index is 12.9. The summed E-state index contributed by atoms with van der Waals surface area (Å²) in [5, 5.41) is 4.14. The molecule has 4 rings (SSSR count). The van der Waals surface area contributed by atoms with E-state index >= 15 is 0 Å². The van der Waals surface area contributed by atoms with Gasteiger partial charge < -0.3 is 9.30 Å². The van der Waals surface area contributed by atoms with Crippen LogP contribution in [-0.4, -0.2) is 27.1 Å². The molecule has 0 aliphatic carbocycles. The van der Waals surface area contributed by atoms with Crippen molar-refractivity contribution in [2.24, 2.45) is 0 Å². The van der Waals surface area contributed by atoms with Crippen LogP contribution in [-0.2, 0) is 11.3 Å². The first-order valence-corrected chi connectivity index (χ1v) is 8.65. The van der Waals surface area contributed by atoms with E-state index in [1.165, 1.54) is 10.7 Å². The number of aromatic amines is 1. The molecule has 0 unspecified atom stereocenters. The molecule has 0 bridgehead atoms. The fourth-order valence-electron chi connectivity index (χ4n) is 3.40. The fourth-order valence-corrected chi connectivity index (χ4v) is 3.53. The zero-order valence-corrected chi connectivity index (χ0v) is 14.5. The van der Waals surface area contributed by atoms with Crippen molar-refractivity contribution in [1.29, 1.82) is 0 Å². The van der Waals surface area contributed by atoms with Gasteiger partial charge in [-0.2, -0.15) is 0 Å². The van der Waals surface area contributed by atoms with E-state index in [1.54, 1.807) is 35.8 Å². The van der Waals surface area contributed by atoms with Gasteiger partial charge in [0.15, 0.2) is 0 Å². The normalized spacial score (nSPS) is 17.4. The minimum Gasteiger partial charge on any atom is -0.376 e. The number of hydrogen-bond acceptors (Lipinski definition) is 3. The maximum Gasteiger partial charge on any atom is 0.280 e. The lowest BCUT2D eigenvalue weighted by Gasteiger charge is -2.14. The molecule has 1 aliphatic rings. The fraction of sp³-hybridized carbons (Fsp3) is 0.333. The first-order valence-electron chi connectivity index (χ1n) is 8.27. The Morgan fingerprint density at radius 3 is 2.72 bits per heavy atom. The highest BCUT2D eigenvalue weighted by Gasteiger charge is 2.20. The molecule has 1 N–H and O–H groups in total. The molecule has 0 saturated carbocycles. The minimum absolute atomic E-state index is 0.0336. The highest BCUT2D eigenvalue weighted by molar-refractivity contribution is 6.30. The number of nitrogens with zero attached hydrogens (tertiary/aromatic N) is 2. The Hall–Kier alpha value is -2.31. The third kappa shape index (κ3) is 2.81. The van der Waals surface area contributed by atoms with Crippen molar-refractivity contribution in [2.75, 3.05) is 6.61 Å². The number of ether oxygens (including phenoxy) is 1. The second kappa shape index (κ2) is 6.20. The van der Waals surface area contributed by atoms with E-state index in [4.69, 9.17) is 16.3 Å². The second-order valence-corrected chi connectivity index (χ2v) is 6.77. The Kier molecular flexibility index (Phi) is 4.01. The zero-order chi connectivity index (χ0) is 17.6. The number of rotatable bonds is 3. The van der Waals surface area contributed by atoms with Crippen molar-refractivity contribution in [3.63, 3.8) is 0 Å².